The lowest BCUT2D eigenvalue weighted by Gasteiger charge is -2.14. The van der Waals surface area contributed by atoms with Gasteiger partial charge in [0.15, 0.2) is 0 Å². The fourth-order valence-electron chi connectivity index (χ4n) is 2.18. The molecule has 0 unspecified atom stereocenters. The Hall–Kier alpha value is -1.61. The maximum Gasteiger partial charge on any atom is 0.142 e. The number of ether oxygens (including phenoxy) is 1. The molecule has 0 fully saturated rings. The quantitative estimate of drug-likeness (QED) is 0.809. The van der Waals surface area contributed by atoms with Crippen LogP contribution in [0.2, 0.25) is 5.02 Å². The molecule has 1 heterocycles. The van der Waals surface area contributed by atoms with Gasteiger partial charge in [-0.3, -0.25) is 0 Å². The molecule has 1 aromatic carbocycles. The van der Waals surface area contributed by atoms with Crippen molar-refractivity contribution in [2.45, 2.75) is 33.4 Å². The first-order valence-electron chi connectivity index (χ1n) is 7.04. The summed E-state index contributed by atoms with van der Waals surface area (Å²) in [7, 11) is 0. The molecule has 108 valence electrons. The minimum atomic E-state index is 0.641. The Kier molecular flexibility index (Phi) is 5.36. The van der Waals surface area contributed by atoms with Crippen molar-refractivity contribution in [2.75, 3.05) is 11.9 Å². The largest absolute Gasteiger partial charge is 0.492 e. The summed E-state index contributed by atoms with van der Waals surface area (Å²) in [4.78, 5) is 0. The first-order valence-corrected chi connectivity index (χ1v) is 7.42. The average molecular weight is 293 g/mol. The Bertz CT molecular complexity index is 551. The molecule has 0 radical (unpaired) electrons. The number of aromatic nitrogens is 1. The van der Waals surface area contributed by atoms with Crippen LogP contribution in [0.5, 0.6) is 5.75 Å². The number of nitrogens with one attached hydrogen (secondary N) is 1. The van der Waals surface area contributed by atoms with Gasteiger partial charge in [-0.15, -0.1) is 0 Å². The number of anilines is 1. The predicted molar refractivity (Wildman–Crippen MR) is 84.7 cm³/mol. The van der Waals surface area contributed by atoms with Crippen LogP contribution in [0.1, 0.15) is 26.0 Å². The summed E-state index contributed by atoms with van der Waals surface area (Å²) < 4.78 is 7.87. The predicted octanol–water partition coefficient (Wildman–Crippen LogP) is 4.56. The van der Waals surface area contributed by atoms with Crippen LogP contribution in [0.15, 0.2) is 36.5 Å². The number of hydrogen-bond acceptors (Lipinski definition) is 2. The van der Waals surface area contributed by atoms with E-state index < -0.39 is 0 Å². The summed E-state index contributed by atoms with van der Waals surface area (Å²) in [6.45, 7) is 6.60. The highest BCUT2D eigenvalue weighted by Gasteiger charge is 2.06. The third-order valence-electron chi connectivity index (χ3n) is 3.09. The maximum absolute atomic E-state index is 6.06. The van der Waals surface area contributed by atoms with Gasteiger partial charge in [0.2, 0.25) is 0 Å². The molecule has 20 heavy (non-hydrogen) atoms. The van der Waals surface area contributed by atoms with Crippen LogP contribution in [0, 0.1) is 0 Å². The van der Waals surface area contributed by atoms with Gasteiger partial charge in [-0.1, -0.05) is 18.5 Å². The molecular formula is C16H21ClN2O. The SMILES string of the molecule is CCCn1cccc1CNc1cc(Cl)ccc1OCC. The Labute approximate surface area is 125 Å². The first kappa shape index (κ1) is 14.8. The fraction of sp³-hybridized carbons (Fsp3) is 0.375. The first-order chi connectivity index (χ1) is 9.74. The van der Waals surface area contributed by atoms with E-state index in [4.69, 9.17) is 16.3 Å². The summed E-state index contributed by atoms with van der Waals surface area (Å²) in [5, 5.41) is 4.12. The Morgan fingerprint density at radius 1 is 1.25 bits per heavy atom. The fourth-order valence-corrected chi connectivity index (χ4v) is 2.35. The minimum absolute atomic E-state index is 0.641. The van der Waals surface area contributed by atoms with Gasteiger partial charge < -0.3 is 14.6 Å². The molecule has 0 aliphatic heterocycles. The van der Waals surface area contributed by atoms with Crippen molar-refractivity contribution in [3.05, 3.63) is 47.2 Å². The summed E-state index contributed by atoms with van der Waals surface area (Å²) in [5.41, 5.74) is 2.19. The van der Waals surface area contributed by atoms with Gasteiger partial charge in [0.05, 0.1) is 18.8 Å². The zero-order valence-corrected chi connectivity index (χ0v) is 12.8. The monoisotopic (exact) mass is 292 g/mol. The van der Waals surface area contributed by atoms with Gasteiger partial charge >= 0.3 is 0 Å². The van der Waals surface area contributed by atoms with Gasteiger partial charge in [0.1, 0.15) is 5.75 Å². The number of rotatable bonds is 7. The molecule has 2 rings (SSSR count). The van der Waals surface area contributed by atoms with Crippen molar-refractivity contribution >= 4 is 17.3 Å². The number of nitrogens with zero attached hydrogens (tertiary/aromatic N) is 1. The smallest absolute Gasteiger partial charge is 0.142 e. The van der Waals surface area contributed by atoms with Crippen LogP contribution in [0.3, 0.4) is 0 Å². The van der Waals surface area contributed by atoms with E-state index >= 15 is 0 Å². The van der Waals surface area contributed by atoms with Crippen molar-refractivity contribution < 1.29 is 4.74 Å². The molecule has 0 amide bonds. The Morgan fingerprint density at radius 2 is 2.10 bits per heavy atom. The van der Waals surface area contributed by atoms with E-state index in [0.717, 1.165) is 30.9 Å². The van der Waals surface area contributed by atoms with E-state index in [9.17, 15) is 0 Å². The molecule has 0 saturated heterocycles. The lowest BCUT2D eigenvalue weighted by Crippen LogP contribution is -2.08. The van der Waals surface area contributed by atoms with Gasteiger partial charge in [-0.2, -0.15) is 0 Å². The lowest BCUT2D eigenvalue weighted by molar-refractivity contribution is 0.341. The second kappa shape index (κ2) is 7.25. The topological polar surface area (TPSA) is 26.2 Å². The van der Waals surface area contributed by atoms with E-state index in [1.807, 2.05) is 25.1 Å². The molecule has 0 aliphatic rings. The third kappa shape index (κ3) is 3.70. The molecule has 0 saturated carbocycles. The standard InChI is InChI=1S/C16H21ClN2O/c1-3-9-19-10-5-6-14(19)12-18-15-11-13(17)7-8-16(15)20-4-2/h5-8,10-11,18H,3-4,9,12H2,1-2H3. The highest BCUT2D eigenvalue weighted by Crippen LogP contribution is 2.28. The number of benzene rings is 1. The summed E-state index contributed by atoms with van der Waals surface area (Å²) >= 11 is 6.06. The van der Waals surface area contributed by atoms with Crippen LogP contribution < -0.4 is 10.1 Å². The van der Waals surface area contributed by atoms with E-state index in [1.54, 1.807) is 0 Å². The lowest BCUT2D eigenvalue weighted by atomic mass is 10.2. The number of halogens is 1. The van der Waals surface area contributed by atoms with E-state index in [1.165, 1.54) is 5.69 Å². The second-order valence-corrected chi connectivity index (χ2v) is 5.06. The zero-order valence-electron chi connectivity index (χ0n) is 12.0. The van der Waals surface area contributed by atoms with Gasteiger partial charge in [-0.05, 0) is 43.7 Å². The zero-order chi connectivity index (χ0) is 14.4. The van der Waals surface area contributed by atoms with E-state index in [-0.39, 0.29) is 0 Å². The Morgan fingerprint density at radius 3 is 2.85 bits per heavy atom. The average Bonchev–Trinajstić information content (AvgIpc) is 2.87. The van der Waals surface area contributed by atoms with Crippen molar-refractivity contribution in [2.24, 2.45) is 0 Å². The molecule has 1 aromatic heterocycles. The van der Waals surface area contributed by atoms with Crippen molar-refractivity contribution in [3.63, 3.8) is 0 Å². The number of hydrogen-bond donors (Lipinski definition) is 1. The second-order valence-electron chi connectivity index (χ2n) is 4.62. The molecule has 0 aliphatic carbocycles. The highest BCUT2D eigenvalue weighted by atomic mass is 35.5. The van der Waals surface area contributed by atoms with Crippen LogP contribution in [0.25, 0.3) is 0 Å². The van der Waals surface area contributed by atoms with Gasteiger partial charge in [0, 0.05) is 23.5 Å². The van der Waals surface area contributed by atoms with Gasteiger partial charge in [0.25, 0.3) is 0 Å². The summed E-state index contributed by atoms with van der Waals surface area (Å²) in [6.07, 6.45) is 3.24. The van der Waals surface area contributed by atoms with Gasteiger partial charge in [-0.25, -0.2) is 0 Å². The molecule has 4 heteroatoms. The van der Waals surface area contributed by atoms with Crippen molar-refractivity contribution in [3.8, 4) is 5.75 Å². The molecule has 0 atom stereocenters. The Balaban J connectivity index is 2.09. The summed E-state index contributed by atoms with van der Waals surface area (Å²) in [5.74, 6) is 0.838. The molecule has 3 nitrogen and oxygen atoms in total. The normalized spacial score (nSPS) is 10.6. The van der Waals surface area contributed by atoms with Crippen LogP contribution in [0.4, 0.5) is 5.69 Å². The third-order valence-corrected chi connectivity index (χ3v) is 3.32. The van der Waals surface area contributed by atoms with Crippen molar-refractivity contribution in [1.29, 1.82) is 0 Å². The van der Waals surface area contributed by atoms with Crippen LogP contribution in [-0.2, 0) is 13.1 Å². The molecular weight excluding hydrogens is 272 g/mol. The minimum Gasteiger partial charge on any atom is -0.492 e. The van der Waals surface area contributed by atoms with Crippen molar-refractivity contribution in [1.82, 2.24) is 4.57 Å². The van der Waals surface area contributed by atoms with E-state index in [0.29, 0.717) is 11.6 Å². The maximum atomic E-state index is 6.06. The number of aryl methyl sites for hydroxylation is 1. The summed E-state index contributed by atoms with van der Waals surface area (Å²) in [6, 6.07) is 9.86. The highest BCUT2D eigenvalue weighted by molar-refractivity contribution is 6.30. The molecule has 1 N–H and O–H groups in total. The van der Waals surface area contributed by atoms with Crippen LogP contribution in [-0.4, -0.2) is 11.2 Å². The van der Waals surface area contributed by atoms with Crippen LogP contribution >= 0.6 is 11.6 Å². The molecule has 2 aromatic rings. The molecule has 0 spiro atoms. The molecule has 0 bridgehead atoms. The van der Waals surface area contributed by atoms with E-state index in [2.05, 4.69) is 35.1 Å².